The zero-order chi connectivity index (χ0) is 22.5. The number of halogens is 1. The molecule has 1 aliphatic rings. The van der Waals surface area contributed by atoms with Crippen LogP contribution in [0.2, 0.25) is 5.02 Å². The SMILES string of the molecule is CCOc1ccc(Cc2cc([C@@H]3O[C@H](CO)[C@@H](O)[C@H](OC(C)=O)[C@H]3O)ccc2Cl)cc1. The molecule has 0 spiro atoms. The summed E-state index contributed by atoms with van der Waals surface area (Å²) in [6, 6.07) is 12.9. The second-order valence-corrected chi connectivity index (χ2v) is 7.84. The number of esters is 1. The lowest BCUT2D eigenvalue weighted by Gasteiger charge is -2.41. The molecule has 0 amide bonds. The zero-order valence-electron chi connectivity index (χ0n) is 17.4. The third-order valence-corrected chi connectivity index (χ3v) is 5.56. The van der Waals surface area contributed by atoms with Crippen LogP contribution in [-0.4, -0.2) is 58.9 Å². The first-order valence-electron chi connectivity index (χ1n) is 10.1. The van der Waals surface area contributed by atoms with E-state index in [0.29, 0.717) is 23.6 Å². The van der Waals surface area contributed by atoms with Gasteiger partial charge in [-0.2, -0.15) is 0 Å². The molecule has 7 nitrogen and oxygen atoms in total. The van der Waals surface area contributed by atoms with Gasteiger partial charge in [0, 0.05) is 11.9 Å². The Balaban J connectivity index is 1.85. The molecular weight excluding hydrogens is 424 g/mol. The van der Waals surface area contributed by atoms with E-state index in [1.54, 1.807) is 12.1 Å². The molecular formula is C23H27ClO7. The molecule has 8 heteroatoms. The Hall–Kier alpha value is -2.16. The van der Waals surface area contributed by atoms with Crippen molar-refractivity contribution < 1.29 is 34.3 Å². The van der Waals surface area contributed by atoms with Crippen molar-refractivity contribution in [2.45, 2.75) is 50.8 Å². The van der Waals surface area contributed by atoms with Gasteiger partial charge in [-0.05, 0) is 48.2 Å². The van der Waals surface area contributed by atoms with E-state index < -0.39 is 43.1 Å². The van der Waals surface area contributed by atoms with Gasteiger partial charge in [0.25, 0.3) is 0 Å². The summed E-state index contributed by atoms with van der Waals surface area (Å²) in [4.78, 5) is 11.4. The van der Waals surface area contributed by atoms with Gasteiger partial charge in [-0.25, -0.2) is 0 Å². The lowest BCUT2D eigenvalue weighted by Crippen LogP contribution is -2.56. The number of carbonyl (C=O) groups excluding carboxylic acids is 1. The van der Waals surface area contributed by atoms with E-state index in [1.807, 2.05) is 37.3 Å². The van der Waals surface area contributed by atoms with Gasteiger partial charge in [0.15, 0.2) is 6.10 Å². The van der Waals surface area contributed by atoms with Crippen molar-refractivity contribution >= 4 is 17.6 Å². The van der Waals surface area contributed by atoms with Crippen molar-refractivity contribution in [3.8, 4) is 5.75 Å². The molecule has 1 saturated heterocycles. The highest BCUT2D eigenvalue weighted by molar-refractivity contribution is 6.31. The first-order chi connectivity index (χ1) is 14.8. The molecule has 2 aromatic carbocycles. The van der Waals surface area contributed by atoms with Gasteiger partial charge in [-0.15, -0.1) is 0 Å². The lowest BCUT2D eigenvalue weighted by atomic mass is 9.90. The van der Waals surface area contributed by atoms with E-state index in [9.17, 15) is 20.1 Å². The van der Waals surface area contributed by atoms with Crippen LogP contribution in [0.15, 0.2) is 42.5 Å². The summed E-state index contributed by atoms with van der Waals surface area (Å²) < 4.78 is 16.3. The highest BCUT2D eigenvalue weighted by Crippen LogP contribution is 2.35. The average molecular weight is 451 g/mol. The van der Waals surface area contributed by atoms with E-state index in [4.69, 9.17) is 25.8 Å². The largest absolute Gasteiger partial charge is 0.494 e. The molecule has 0 radical (unpaired) electrons. The van der Waals surface area contributed by atoms with Gasteiger partial charge in [0.1, 0.15) is 30.2 Å². The standard InChI is InChI=1S/C23H27ClO7/c1-3-29-17-7-4-14(5-8-17)10-16-11-15(6-9-18(16)24)22-21(28)23(30-13(2)26)20(27)19(12-25)31-22/h4-9,11,19-23,25,27-28H,3,10,12H2,1-2H3/t19-,20-,21+,22+,23+/m1/s1. The van der Waals surface area contributed by atoms with E-state index >= 15 is 0 Å². The number of hydrogen-bond acceptors (Lipinski definition) is 7. The van der Waals surface area contributed by atoms with Gasteiger partial charge in [0.2, 0.25) is 0 Å². The zero-order valence-corrected chi connectivity index (χ0v) is 18.2. The van der Waals surface area contributed by atoms with Crippen LogP contribution >= 0.6 is 11.6 Å². The van der Waals surface area contributed by atoms with Crippen molar-refractivity contribution in [2.24, 2.45) is 0 Å². The molecule has 3 N–H and O–H groups in total. The topological polar surface area (TPSA) is 105 Å². The molecule has 168 valence electrons. The maximum Gasteiger partial charge on any atom is 0.303 e. The molecule has 2 aromatic rings. The second-order valence-electron chi connectivity index (χ2n) is 7.44. The summed E-state index contributed by atoms with van der Waals surface area (Å²) in [7, 11) is 0. The fourth-order valence-electron chi connectivity index (χ4n) is 3.69. The Bertz CT molecular complexity index is 886. The Labute approximate surface area is 186 Å². The van der Waals surface area contributed by atoms with Crippen molar-refractivity contribution in [1.29, 1.82) is 0 Å². The maximum atomic E-state index is 11.4. The number of aliphatic hydroxyl groups excluding tert-OH is 3. The Morgan fingerprint density at radius 3 is 2.45 bits per heavy atom. The Morgan fingerprint density at radius 2 is 1.84 bits per heavy atom. The van der Waals surface area contributed by atoms with E-state index in [2.05, 4.69) is 0 Å². The third-order valence-electron chi connectivity index (χ3n) is 5.19. The lowest BCUT2D eigenvalue weighted by molar-refractivity contribution is -0.240. The van der Waals surface area contributed by atoms with Crippen LogP contribution in [0.4, 0.5) is 0 Å². The number of carbonyl (C=O) groups is 1. The van der Waals surface area contributed by atoms with Crippen LogP contribution in [0.1, 0.15) is 36.6 Å². The normalized spacial score (nSPS) is 25.8. The monoisotopic (exact) mass is 450 g/mol. The van der Waals surface area contributed by atoms with Gasteiger partial charge < -0.3 is 29.5 Å². The fourth-order valence-corrected chi connectivity index (χ4v) is 3.87. The van der Waals surface area contributed by atoms with E-state index in [0.717, 1.165) is 16.9 Å². The van der Waals surface area contributed by atoms with Crippen molar-refractivity contribution in [3.63, 3.8) is 0 Å². The molecule has 3 rings (SSSR count). The quantitative estimate of drug-likeness (QED) is 0.556. The summed E-state index contributed by atoms with van der Waals surface area (Å²) in [5.74, 6) is 0.141. The molecule has 0 bridgehead atoms. The number of benzene rings is 2. The minimum atomic E-state index is -1.35. The molecule has 0 aromatic heterocycles. The van der Waals surface area contributed by atoms with Crippen LogP contribution in [0, 0.1) is 0 Å². The molecule has 31 heavy (non-hydrogen) atoms. The van der Waals surface area contributed by atoms with Crippen molar-refractivity contribution in [3.05, 3.63) is 64.2 Å². The van der Waals surface area contributed by atoms with Crippen molar-refractivity contribution in [1.82, 2.24) is 0 Å². The maximum absolute atomic E-state index is 11.4. The van der Waals surface area contributed by atoms with E-state index in [1.165, 1.54) is 6.92 Å². The minimum Gasteiger partial charge on any atom is -0.494 e. The smallest absolute Gasteiger partial charge is 0.303 e. The van der Waals surface area contributed by atoms with Crippen LogP contribution in [-0.2, 0) is 20.7 Å². The summed E-state index contributed by atoms with van der Waals surface area (Å²) >= 11 is 6.40. The first kappa shape index (κ1) is 23.5. The third kappa shape index (κ3) is 5.56. The second kappa shape index (κ2) is 10.4. The van der Waals surface area contributed by atoms with Crippen LogP contribution < -0.4 is 4.74 Å². The van der Waals surface area contributed by atoms with Crippen LogP contribution in [0.25, 0.3) is 0 Å². The summed E-state index contributed by atoms with van der Waals surface area (Å²) in [5, 5.41) is 31.2. The predicted molar refractivity (Wildman–Crippen MR) is 114 cm³/mol. The molecule has 1 fully saturated rings. The highest BCUT2D eigenvalue weighted by Gasteiger charge is 2.46. The Morgan fingerprint density at radius 1 is 1.13 bits per heavy atom. The molecule has 0 saturated carbocycles. The molecule has 1 aliphatic heterocycles. The minimum absolute atomic E-state index is 0.491. The highest BCUT2D eigenvalue weighted by atomic mass is 35.5. The van der Waals surface area contributed by atoms with E-state index in [-0.39, 0.29) is 0 Å². The number of hydrogen-bond donors (Lipinski definition) is 3. The van der Waals surface area contributed by atoms with Crippen LogP contribution in [0.3, 0.4) is 0 Å². The average Bonchev–Trinajstić information content (AvgIpc) is 2.74. The summed E-state index contributed by atoms with van der Waals surface area (Å²) in [6.45, 7) is 3.21. The Kier molecular flexibility index (Phi) is 7.91. The van der Waals surface area contributed by atoms with Gasteiger partial charge >= 0.3 is 5.97 Å². The molecule has 1 heterocycles. The van der Waals surface area contributed by atoms with Gasteiger partial charge in [-0.3, -0.25) is 4.79 Å². The number of aliphatic hydroxyl groups is 3. The molecule has 0 aliphatic carbocycles. The molecule has 0 unspecified atom stereocenters. The van der Waals surface area contributed by atoms with Gasteiger partial charge in [0.05, 0.1) is 13.2 Å². The first-order valence-corrected chi connectivity index (χ1v) is 10.5. The fraction of sp³-hybridized carbons (Fsp3) is 0.435. The van der Waals surface area contributed by atoms with Crippen LogP contribution in [0.5, 0.6) is 5.75 Å². The number of ether oxygens (including phenoxy) is 3. The summed E-state index contributed by atoms with van der Waals surface area (Å²) in [5.41, 5.74) is 2.43. The number of rotatable bonds is 7. The van der Waals surface area contributed by atoms with Gasteiger partial charge in [-0.1, -0.05) is 35.9 Å². The predicted octanol–water partition coefficient (Wildman–Crippen LogP) is 2.42. The van der Waals surface area contributed by atoms with Crippen molar-refractivity contribution in [2.75, 3.05) is 13.2 Å². The summed E-state index contributed by atoms with van der Waals surface area (Å²) in [6.07, 6.45) is -5.28. The molecule has 5 atom stereocenters.